The molecule has 2 rings (SSSR count). The van der Waals surface area contributed by atoms with Gasteiger partial charge in [-0.15, -0.1) is 0 Å². The highest BCUT2D eigenvalue weighted by Crippen LogP contribution is 2.26. The molecule has 0 aliphatic rings. The van der Waals surface area contributed by atoms with Gasteiger partial charge in [-0.25, -0.2) is 9.07 Å². The number of alkyl halides is 2. The number of halogens is 4. The third kappa shape index (κ3) is 2.08. The minimum absolute atomic E-state index is 0.250. The van der Waals surface area contributed by atoms with Crippen LogP contribution in [0.2, 0.25) is 0 Å². The van der Waals surface area contributed by atoms with Crippen LogP contribution in [0.4, 0.5) is 13.2 Å². The van der Waals surface area contributed by atoms with Gasteiger partial charge in [0.25, 0.3) is 0 Å². The Morgan fingerprint density at radius 2 is 2.06 bits per heavy atom. The summed E-state index contributed by atoms with van der Waals surface area (Å²) in [5.41, 5.74) is 0.577. The topological polar surface area (TPSA) is 30.7 Å². The SMILES string of the molecule is Fc1ccc(-c2nn(C(F)F)cc2Br)nc1. The summed E-state index contributed by atoms with van der Waals surface area (Å²) in [6, 6.07) is 2.56. The summed E-state index contributed by atoms with van der Waals surface area (Å²) in [4.78, 5) is 3.76. The van der Waals surface area contributed by atoms with Crippen LogP contribution in [0.1, 0.15) is 6.55 Å². The zero-order valence-corrected chi connectivity index (χ0v) is 9.33. The Morgan fingerprint density at radius 3 is 2.56 bits per heavy atom. The van der Waals surface area contributed by atoms with E-state index in [1.165, 1.54) is 12.1 Å². The minimum atomic E-state index is -2.72. The predicted octanol–water partition coefficient (Wildman–Crippen LogP) is 3.24. The summed E-state index contributed by atoms with van der Waals surface area (Å²) in [6.45, 7) is -2.72. The second kappa shape index (κ2) is 4.25. The first-order chi connectivity index (χ1) is 7.58. The van der Waals surface area contributed by atoms with Crippen LogP contribution in [-0.2, 0) is 0 Å². The van der Waals surface area contributed by atoms with E-state index in [9.17, 15) is 13.2 Å². The minimum Gasteiger partial charge on any atom is -0.251 e. The van der Waals surface area contributed by atoms with Crippen molar-refractivity contribution in [1.29, 1.82) is 0 Å². The van der Waals surface area contributed by atoms with Gasteiger partial charge in [-0.2, -0.15) is 13.9 Å². The molecule has 2 heterocycles. The van der Waals surface area contributed by atoms with Gasteiger partial charge in [-0.05, 0) is 28.1 Å². The van der Waals surface area contributed by atoms with Crippen molar-refractivity contribution in [3.63, 3.8) is 0 Å². The van der Waals surface area contributed by atoms with Crippen molar-refractivity contribution in [2.75, 3.05) is 0 Å². The molecule has 0 amide bonds. The van der Waals surface area contributed by atoms with E-state index in [-0.39, 0.29) is 5.69 Å². The number of hydrogen-bond donors (Lipinski definition) is 0. The Balaban J connectivity index is 2.44. The van der Waals surface area contributed by atoms with Crippen LogP contribution in [0.15, 0.2) is 29.0 Å². The van der Waals surface area contributed by atoms with E-state index >= 15 is 0 Å². The van der Waals surface area contributed by atoms with Crippen molar-refractivity contribution in [2.24, 2.45) is 0 Å². The lowest BCUT2D eigenvalue weighted by Crippen LogP contribution is -1.98. The van der Waals surface area contributed by atoms with E-state index in [0.717, 1.165) is 12.4 Å². The average molecular weight is 292 g/mol. The second-order valence-electron chi connectivity index (χ2n) is 2.94. The van der Waals surface area contributed by atoms with Gasteiger partial charge < -0.3 is 0 Å². The molecule has 0 fully saturated rings. The largest absolute Gasteiger partial charge is 0.333 e. The molecule has 16 heavy (non-hydrogen) atoms. The summed E-state index contributed by atoms with van der Waals surface area (Å²) < 4.78 is 38.2. The molecule has 0 aromatic carbocycles. The molecule has 0 radical (unpaired) electrons. The molecule has 0 N–H and O–H groups in total. The third-order valence-corrected chi connectivity index (χ3v) is 2.44. The number of rotatable bonds is 2. The van der Waals surface area contributed by atoms with Crippen LogP contribution in [0.25, 0.3) is 11.4 Å². The molecule has 0 atom stereocenters. The van der Waals surface area contributed by atoms with Crippen LogP contribution in [0.3, 0.4) is 0 Å². The van der Waals surface area contributed by atoms with E-state index in [0.29, 0.717) is 14.8 Å². The summed E-state index contributed by atoms with van der Waals surface area (Å²) >= 11 is 3.09. The van der Waals surface area contributed by atoms with Crippen molar-refractivity contribution in [1.82, 2.24) is 14.8 Å². The lowest BCUT2D eigenvalue weighted by atomic mass is 10.3. The van der Waals surface area contributed by atoms with Crippen molar-refractivity contribution in [3.8, 4) is 11.4 Å². The highest BCUT2D eigenvalue weighted by Gasteiger charge is 2.14. The van der Waals surface area contributed by atoms with Crippen LogP contribution >= 0.6 is 15.9 Å². The van der Waals surface area contributed by atoms with E-state index in [2.05, 4.69) is 26.0 Å². The lowest BCUT2D eigenvalue weighted by Gasteiger charge is -1.97. The van der Waals surface area contributed by atoms with Crippen molar-refractivity contribution >= 4 is 15.9 Å². The first-order valence-corrected chi connectivity index (χ1v) is 5.02. The second-order valence-corrected chi connectivity index (χ2v) is 3.80. The average Bonchev–Trinajstić information content (AvgIpc) is 2.62. The molecule has 0 saturated carbocycles. The van der Waals surface area contributed by atoms with Gasteiger partial charge in [0, 0.05) is 6.20 Å². The number of aromatic nitrogens is 3. The maximum atomic E-state index is 12.6. The first kappa shape index (κ1) is 11.1. The fourth-order valence-corrected chi connectivity index (χ4v) is 1.65. The van der Waals surface area contributed by atoms with Crippen molar-refractivity contribution in [3.05, 3.63) is 34.8 Å². The van der Waals surface area contributed by atoms with Crippen molar-refractivity contribution in [2.45, 2.75) is 6.55 Å². The van der Waals surface area contributed by atoms with E-state index in [1.54, 1.807) is 0 Å². The molecule has 2 aromatic heterocycles. The monoisotopic (exact) mass is 291 g/mol. The Bertz CT molecular complexity index is 495. The van der Waals surface area contributed by atoms with E-state index in [4.69, 9.17) is 0 Å². The normalized spacial score (nSPS) is 11.1. The quantitative estimate of drug-likeness (QED) is 0.850. The molecule has 0 unspecified atom stereocenters. The molecule has 0 bridgehead atoms. The molecule has 2 aromatic rings. The van der Waals surface area contributed by atoms with Crippen molar-refractivity contribution < 1.29 is 13.2 Å². The summed E-state index contributed by atoms with van der Waals surface area (Å²) in [5.74, 6) is -0.492. The van der Waals surface area contributed by atoms with Gasteiger partial charge in [0.2, 0.25) is 0 Å². The number of pyridine rings is 1. The lowest BCUT2D eigenvalue weighted by molar-refractivity contribution is 0.0567. The van der Waals surface area contributed by atoms with Gasteiger partial charge in [0.05, 0.1) is 16.4 Å². The van der Waals surface area contributed by atoms with Crippen LogP contribution in [0, 0.1) is 5.82 Å². The maximum Gasteiger partial charge on any atom is 0.333 e. The highest BCUT2D eigenvalue weighted by atomic mass is 79.9. The third-order valence-electron chi connectivity index (χ3n) is 1.86. The fraction of sp³-hybridized carbons (Fsp3) is 0.111. The molecule has 0 aliphatic carbocycles. The van der Waals surface area contributed by atoms with E-state index < -0.39 is 12.4 Å². The maximum absolute atomic E-state index is 12.6. The van der Waals surface area contributed by atoms with Gasteiger partial charge in [-0.1, -0.05) is 0 Å². The number of hydrogen-bond acceptors (Lipinski definition) is 2. The zero-order chi connectivity index (χ0) is 11.7. The van der Waals surface area contributed by atoms with Gasteiger partial charge in [0.1, 0.15) is 11.5 Å². The zero-order valence-electron chi connectivity index (χ0n) is 7.74. The Morgan fingerprint density at radius 1 is 1.31 bits per heavy atom. The molecule has 0 spiro atoms. The van der Waals surface area contributed by atoms with E-state index in [1.807, 2.05) is 0 Å². The Labute approximate surface area is 97.0 Å². The summed E-state index contributed by atoms with van der Waals surface area (Å²) in [7, 11) is 0. The standard InChI is InChI=1S/C9H5BrF3N3/c10-6-4-16(9(12)13)15-8(6)7-2-1-5(11)3-14-7/h1-4,9H. The van der Waals surface area contributed by atoms with Crippen LogP contribution in [0.5, 0.6) is 0 Å². The highest BCUT2D eigenvalue weighted by molar-refractivity contribution is 9.10. The van der Waals surface area contributed by atoms with Crippen LogP contribution in [-0.4, -0.2) is 14.8 Å². The van der Waals surface area contributed by atoms with Gasteiger partial charge in [0.15, 0.2) is 0 Å². The fourth-order valence-electron chi connectivity index (χ4n) is 1.16. The molecular weight excluding hydrogens is 287 g/mol. The van der Waals surface area contributed by atoms with Crippen LogP contribution < -0.4 is 0 Å². The Hall–Kier alpha value is -1.37. The molecule has 84 valence electrons. The Kier molecular flexibility index (Phi) is 2.95. The summed E-state index contributed by atoms with van der Waals surface area (Å²) in [5, 5.41) is 3.64. The molecule has 7 heteroatoms. The molecule has 0 aliphatic heterocycles. The molecule has 3 nitrogen and oxygen atoms in total. The van der Waals surface area contributed by atoms with Gasteiger partial charge >= 0.3 is 6.55 Å². The number of nitrogens with zero attached hydrogens (tertiary/aromatic N) is 3. The summed E-state index contributed by atoms with van der Waals surface area (Å²) in [6.07, 6.45) is 2.15. The smallest absolute Gasteiger partial charge is 0.251 e. The predicted molar refractivity (Wildman–Crippen MR) is 54.4 cm³/mol. The molecular formula is C9H5BrF3N3. The molecule has 0 saturated heterocycles. The van der Waals surface area contributed by atoms with Gasteiger partial charge in [-0.3, -0.25) is 4.98 Å². The first-order valence-electron chi connectivity index (χ1n) is 4.22.